The second-order valence-electron chi connectivity index (χ2n) is 9.53. The predicted octanol–water partition coefficient (Wildman–Crippen LogP) is -0.281. The Kier molecular flexibility index (Phi) is 14.6. The summed E-state index contributed by atoms with van der Waals surface area (Å²) in [5.74, 6) is -2.26. The molecule has 1 aromatic carbocycles. The van der Waals surface area contributed by atoms with Crippen LogP contribution in [0.15, 0.2) is 30.4 Å². The summed E-state index contributed by atoms with van der Waals surface area (Å²) < 4.78 is 21.8. The van der Waals surface area contributed by atoms with Gasteiger partial charge in [-0.1, -0.05) is 6.07 Å². The molecule has 0 unspecified atom stereocenters. The minimum atomic E-state index is -1.65. The largest absolute Gasteiger partial charge is 0.479 e. The molecule has 0 aliphatic carbocycles. The molecule has 1 saturated heterocycles. The van der Waals surface area contributed by atoms with E-state index in [0.29, 0.717) is 44.4 Å². The van der Waals surface area contributed by atoms with Gasteiger partial charge in [0.2, 0.25) is 18.1 Å². The average molecular weight is 595 g/mol. The van der Waals surface area contributed by atoms with Crippen LogP contribution in [0.25, 0.3) is 0 Å². The van der Waals surface area contributed by atoms with Crippen LogP contribution >= 0.6 is 0 Å². The number of allylic oxidation sites excluding steroid dienone is 1. The van der Waals surface area contributed by atoms with Crippen molar-refractivity contribution in [1.82, 2.24) is 10.2 Å². The number of carboxylic acids is 1. The lowest BCUT2D eigenvalue weighted by atomic mass is 10.0. The molecular weight excluding hydrogens is 556 g/mol. The SMILES string of the molecule is CC(=O)OCc1cc(CCCOCCNC(=O)CCN(C)C(=O)/C=C\C=O)ccc1O[C@H]1C[C@@H](O)[C@H](O)[C@@H](C(=O)O)O1. The van der Waals surface area contributed by atoms with Gasteiger partial charge in [-0.3, -0.25) is 19.2 Å². The normalized spacial score (nSPS) is 20.1. The monoisotopic (exact) mass is 594 g/mol. The Morgan fingerprint density at radius 2 is 1.95 bits per heavy atom. The summed E-state index contributed by atoms with van der Waals surface area (Å²) in [6.45, 7) is 2.39. The standard InChI is InChI=1S/C28H38N2O12/c1-18(32)40-17-20-15-19(7-8-22(20)41-25-16-21(33)26(36)27(42-25)28(37)38)5-4-13-39-14-10-29-23(34)9-11-30(2)24(35)6-3-12-31/h3,6-8,12,15,21,25-27,33,36H,4-5,9-11,13-14,16-17H2,1-2H3,(H,29,34)(H,37,38)/b6-3-/t21-,25-,26+,27+/m1/s1. The van der Waals surface area contributed by atoms with Crippen molar-refractivity contribution in [1.29, 1.82) is 0 Å². The molecule has 42 heavy (non-hydrogen) atoms. The highest BCUT2D eigenvalue weighted by Gasteiger charge is 2.42. The molecule has 1 aromatic rings. The van der Waals surface area contributed by atoms with E-state index in [0.717, 1.165) is 17.7 Å². The summed E-state index contributed by atoms with van der Waals surface area (Å²) in [5, 5.41) is 31.8. The van der Waals surface area contributed by atoms with Gasteiger partial charge in [0.1, 0.15) is 24.7 Å². The fraction of sp³-hybridized carbons (Fsp3) is 0.536. The first-order valence-corrected chi connectivity index (χ1v) is 13.4. The van der Waals surface area contributed by atoms with E-state index in [1.807, 2.05) is 0 Å². The Bertz CT molecular complexity index is 1110. The number of benzene rings is 1. The number of likely N-dealkylation sites (N-methyl/N-ethyl adjacent to an activating group) is 1. The van der Waals surface area contributed by atoms with Crippen LogP contribution in [-0.2, 0) is 51.2 Å². The van der Waals surface area contributed by atoms with Crippen molar-refractivity contribution < 1.29 is 58.2 Å². The summed E-state index contributed by atoms with van der Waals surface area (Å²) in [7, 11) is 1.53. The maximum Gasteiger partial charge on any atom is 0.335 e. The van der Waals surface area contributed by atoms with Gasteiger partial charge in [-0.15, -0.1) is 0 Å². The molecular formula is C28H38N2O12. The number of esters is 1. The Hall–Kier alpha value is -3.85. The van der Waals surface area contributed by atoms with E-state index in [4.69, 9.17) is 18.9 Å². The molecule has 0 aromatic heterocycles. The Labute approximate surface area is 243 Å². The van der Waals surface area contributed by atoms with Gasteiger partial charge in [-0.05, 0) is 36.6 Å². The number of carbonyl (C=O) groups excluding carboxylic acids is 4. The number of nitrogens with zero attached hydrogens (tertiary/aromatic N) is 1. The second kappa shape index (κ2) is 17.9. The van der Waals surface area contributed by atoms with Crippen LogP contribution in [0.3, 0.4) is 0 Å². The smallest absolute Gasteiger partial charge is 0.335 e. The number of nitrogens with one attached hydrogen (secondary N) is 1. The average Bonchev–Trinajstić information content (AvgIpc) is 2.95. The van der Waals surface area contributed by atoms with Gasteiger partial charge in [-0.2, -0.15) is 0 Å². The third-order valence-corrected chi connectivity index (χ3v) is 6.18. The van der Waals surface area contributed by atoms with E-state index in [9.17, 15) is 39.3 Å². The summed E-state index contributed by atoms with van der Waals surface area (Å²) in [4.78, 5) is 57.9. The molecule has 14 nitrogen and oxygen atoms in total. The van der Waals surface area contributed by atoms with Crippen molar-refractivity contribution in [3.63, 3.8) is 0 Å². The molecule has 14 heteroatoms. The summed E-state index contributed by atoms with van der Waals surface area (Å²) >= 11 is 0. The van der Waals surface area contributed by atoms with E-state index < -0.39 is 36.5 Å². The highest BCUT2D eigenvalue weighted by Crippen LogP contribution is 2.28. The molecule has 1 heterocycles. The Morgan fingerprint density at radius 3 is 2.64 bits per heavy atom. The molecule has 0 radical (unpaired) electrons. The number of carboxylic acid groups (broad SMARTS) is 1. The van der Waals surface area contributed by atoms with Crippen molar-refractivity contribution in [2.75, 3.05) is 33.4 Å². The first-order chi connectivity index (χ1) is 20.0. The maximum atomic E-state index is 11.9. The highest BCUT2D eigenvalue weighted by molar-refractivity contribution is 5.91. The van der Waals surface area contributed by atoms with Crippen LogP contribution in [-0.4, -0.2) is 108 Å². The summed E-state index contributed by atoms with van der Waals surface area (Å²) in [6.07, 6.45) is -1.80. The molecule has 0 spiro atoms. The number of amides is 2. The zero-order valence-corrected chi connectivity index (χ0v) is 23.6. The molecule has 0 bridgehead atoms. The zero-order valence-electron chi connectivity index (χ0n) is 23.6. The van der Waals surface area contributed by atoms with E-state index in [2.05, 4.69) is 5.32 Å². The van der Waals surface area contributed by atoms with Crippen molar-refractivity contribution in [3.05, 3.63) is 41.5 Å². The first kappa shape index (κ1) is 34.4. The highest BCUT2D eigenvalue weighted by atomic mass is 16.7. The molecule has 232 valence electrons. The van der Waals surface area contributed by atoms with Crippen molar-refractivity contribution in [2.45, 2.75) is 63.8 Å². The van der Waals surface area contributed by atoms with Gasteiger partial charge in [0.25, 0.3) is 0 Å². The Morgan fingerprint density at radius 1 is 1.19 bits per heavy atom. The van der Waals surface area contributed by atoms with Gasteiger partial charge >= 0.3 is 11.9 Å². The zero-order chi connectivity index (χ0) is 31.1. The summed E-state index contributed by atoms with van der Waals surface area (Å²) in [6, 6.07) is 5.19. The van der Waals surface area contributed by atoms with Gasteiger partial charge < -0.3 is 44.5 Å². The lowest BCUT2D eigenvalue weighted by Crippen LogP contribution is -2.53. The van der Waals surface area contributed by atoms with E-state index >= 15 is 0 Å². The van der Waals surface area contributed by atoms with E-state index in [1.54, 1.807) is 18.2 Å². The fourth-order valence-corrected chi connectivity index (χ4v) is 3.91. The fourth-order valence-electron chi connectivity index (χ4n) is 3.91. The van der Waals surface area contributed by atoms with Crippen molar-refractivity contribution in [2.24, 2.45) is 0 Å². The lowest BCUT2D eigenvalue weighted by Gasteiger charge is -2.35. The summed E-state index contributed by atoms with van der Waals surface area (Å²) in [5.41, 5.74) is 1.40. The third-order valence-electron chi connectivity index (χ3n) is 6.18. The predicted molar refractivity (Wildman–Crippen MR) is 145 cm³/mol. The molecule has 1 fully saturated rings. The van der Waals surface area contributed by atoms with E-state index in [1.165, 1.54) is 18.9 Å². The quantitative estimate of drug-likeness (QED) is 0.0797. The number of aryl methyl sites for hydroxylation is 1. The minimum absolute atomic E-state index is 0.103. The molecule has 2 rings (SSSR count). The Balaban J connectivity index is 1.78. The molecule has 4 atom stereocenters. The lowest BCUT2D eigenvalue weighted by molar-refractivity contribution is -0.228. The second-order valence-corrected chi connectivity index (χ2v) is 9.53. The number of rotatable bonds is 17. The third kappa shape index (κ3) is 11.9. The van der Waals surface area contributed by atoms with Crippen LogP contribution in [0.2, 0.25) is 0 Å². The first-order valence-electron chi connectivity index (χ1n) is 13.4. The van der Waals surface area contributed by atoms with Crippen molar-refractivity contribution in [3.8, 4) is 5.75 Å². The number of aldehydes is 1. The minimum Gasteiger partial charge on any atom is -0.479 e. The maximum absolute atomic E-state index is 11.9. The topological polar surface area (TPSA) is 198 Å². The molecule has 1 aliphatic rings. The van der Waals surface area contributed by atoms with Crippen molar-refractivity contribution >= 4 is 30.0 Å². The number of aliphatic hydroxyl groups is 2. The van der Waals surface area contributed by atoms with Crippen LogP contribution < -0.4 is 10.1 Å². The van der Waals surface area contributed by atoms with E-state index in [-0.39, 0.29) is 43.6 Å². The van der Waals surface area contributed by atoms with Gasteiger partial charge in [0, 0.05) is 58.1 Å². The molecule has 0 saturated carbocycles. The van der Waals surface area contributed by atoms with Crippen LogP contribution in [0.5, 0.6) is 5.75 Å². The van der Waals surface area contributed by atoms with Gasteiger partial charge in [0.15, 0.2) is 6.10 Å². The number of aliphatic carboxylic acids is 1. The number of carbonyl (C=O) groups is 5. The number of hydrogen-bond donors (Lipinski definition) is 4. The van der Waals surface area contributed by atoms with Gasteiger partial charge in [0.05, 0.1) is 12.7 Å². The number of aliphatic hydroxyl groups excluding tert-OH is 2. The van der Waals surface area contributed by atoms with Crippen LogP contribution in [0.1, 0.15) is 37.3 Å². The van der Waals surface area contributed by atoms with Crippen LogP contribution in [0, 0.1) is 0 Å². The molecule has 4 N–H and O–H groups in total. The van der Waals surface area contributed by atoms with Crippen LogP contribution in [0.4, 0.5) is 0 Å². The molecule has 1 aliphatic heterocycles. The number of ether oxygens (including phenoxy) is 4. The number of hydrogen-bond acceptors (Lipinski definition) is 11. The molecule has 2 amide bonds. The van der Waals surface area contributed by atoms with Gasteiger partial charge in [-0.25, -0.2) is 4.79 Å².